The number of hydrogen-bond donors (Lipinski definition) is 1. The molecule has 0 aromatic carbocycles. The zero-order valence-corrected chi connectivity index (χ0v) is 9.77. The summed E-state index contributed by atoms with van der Waals surface area (Å²) in [6.07, 6.45) is 2.00. The first kappa shape index (κ1) is 10.7. The van der Waals surface area contributed by atoms with Crippen molar-refractivity contribution in [3.8, 4) is 0 Å². The summed E-state index contributed by atoms with van der Waals surface area (Å²) in [5.74, 6) is 0.924. The maximum Gasteiger partial charge on any atom is 0.315 e. The van der Waals surface area contributed by atoms with Gasteiger partial charge in [0.2, 0.25) is 5.89 Å². The molecule has 1 N–H and O–H groups in total. The monoisotopic (exact) mass is 220 g/mol. The normalized spacial score (nSPS) is 11.0. The van der Waals surface area contributed by atoms with Crippen LogP contribution < -0.4 is 5.32 Å². The van der Waals surface area contributed by atoms with E-state index in [0.717, 1.165) is 0 Å². The molecule has 0 atom stereocenters. The Morgan fingerprint density at radius 3 is 2.81 bits per heavy atom. The average Bonchev–Trinajstić information content (AvgIpc) is 2.83. The second-order valence-electron chi connectivity index (χ2n) is 4.06. The Bertz CT molecular complexity index is 458. The molecule has 0 unspecified atom stereocenters. The molecular weight excluding hydrogens is 204 g/mol. The first-order valence-electron chi connectivity index (χ1n) is 5.34. The van der Waals surface area contributed by atoms with E-state index in [-0.39, 0.29) is 5.92 Å². The molecule has 0 aliphatic rings. The number of aromatic nitrogens is 3. The fourth-order valence-electron chi connectivity index (χ4n) is 1.39. The molecule has 0 bridgehead atoms. The molecule has 0 saturated carbocycles. The quantitative estimate of drug-likeness (QED) is 0.857. The molecule has 2 rings (SSSR count). The predicted molar refractivity (Wildman–Crippen MR) is 61.1 cm³/mol. The van der Waals surface area contributed by atoms with Crippen LogP contribution >= 0.6 is 0 Å². The van der Waals surface area contributed by atoms with E-state index in [0.29, 0.717) is 18.5 Å². The van der Waals surface area contributed by atoms with Gasteiger partial charge in [-0.3, -0.25) is 0 Å². The fraction of sp³-hybridized carbons (Fsp3) is 0.455. The highest BCUT2D eigenvalue weighted by Crippen LogP contribution is 2.15. The van der Waals surface area contributed by atoms with Crippen LogP contribution in [0.25, 0.3) is 0 Å². The SMILES string of the molecule is CC(C)c1nnc(NCc2cccn2C)o1. The molecule has 0 fully saturated rings. The Morgan fingerprint density at radius 1 is 1.44 bits per heavy atom. The lowest BCUT2D eigenvalue weighted by molar-refractivity contribution is 0.479. The van der Waals surface area contributed by atoms with Gasteiger partial charge in [-0.15, -0.1) is 5.10 Å². The van der Waals surface area contributed by atoms with Crippen molar-refractivity contribution in [2.24, 2.45) is 7.05 Å². The zero-order valence-electron chi connectivity index (χ0n) is 9.77. The molecular formula is C11H16N4O. The third kappa shape index (κ3) is 2.24. The predicted octanol–water partition coefficient (Wildman–Crippen LogP) is 2.14. The summed E-state index contributed by atoms with van der Waals surface area (Å²) < 4.78 is 7.49. The van der Waals surface area contributed by atoms with Crippen molar-refractivity contribution in [3.63, 3.8) is 0 Å². The lowest BCUT2D eigenvalue weighted by atomic mass is 10.2. The number of anilines is 1. The van der Waals surface area contributed by atoms with Crippen molar-refractivity contribution in [3.05, 3.63) is 29.9 Å². The van der Waals surface area contributed by atoms with Gasteiger partial charge in [0.1, 0.15) is 0 Å². The molecule has 0 spiro atoms. The molecule has 0 amide bonds. The molecule has 2 aromatic rings. The Balaban J connectivity index is 1.97. The highest BCUT2D eigenvalue weighted by molar-refractivity contribution is 5.20. The number of rotatable bonds is 4. The van der Waals surface area contributed by atoms with Crippen molar-refractivity contribution in [2.75, 3.05) is 5.32 Å². The summed E-state index contributed by atoms with van der Waals surface area (Å²) in [5.41, 5.74) is 1.17. The summed E-state index contributed by atoms with van der Waals surface area (Å²) in [4.78, 5) is 0. The molecule has 2 heterocycles. The first-order chi connectivity index (χ1) is 7.66. The second-order valence-corrected chi connectivity index (χ2v) is 4.06. The van der Waals surface area contributed by atoms with E-state index in [1.165, 1.54) is 5.69 Å². The lowest BCUT2D eigenvalue weighted by Gasteiger charge is -2.02. The van der Waals surface area contributed by atoms with E-state index in [1.54, 1.807) is 0 Å². The van der Waals surface area contributed by atoms with E-state index in [2.05, 4.69) is 15.5 Å². The maximum absolute atomic E-state index is 5.44. The van der Waals surface area contributed by atoms with E-state index in [1.807, 2.05) is 43.8 Å². The Hall–Kier alpha value is -1.78. The molecule has 2 aromatic heterocycles. The van der Waals surface area contributed by atoms with Crippen LogP contribution in [0.15, 0.2) is 22.7 Å². The van der Waals surface area contributed by atoms with Crippen molar-refractivity contribution < 1.29 is 4.42 Å². The summed E-state index contributed by atoms with van der Waals surface area (Å²) >= 11 is 0. The molecule has 0 aliphatic carbocycles. The van der Waals surface area contributed by atoms with Crippen LogP contribution in [0.2, 0.25) is 0 Å². The molecule has 5 heteroatoms. The Labute approximate surface area is 94.5 Å². The van der Waals surface area contributed by atoms with Crippen molar-refractivity contribution in [1.82, 2.24) is 14.8 Å². The maximum atomic E-state index is 5.44. The minimum atomic E-state index is 0.262. The summed E-state index contributed by atoms with van der Waals surface area (Å²) in [7, 11) is 2.00. The standard InChI is InChI=1S/C11H16N4O/c1-8(2)10-13-14-11(16-10)12-7-9-5-4-6-15(9)3/h4-6,8H,7H2,1-3H3,(H,12,14). The van der Waals surface area contributed by atoms with Gasteiger partial charge in [0, 0.05) is 24.9 Å². The number of hydrogen-bond acceptors (Lipinski definition) is 4. The average molecular weight is 220 g/mol. The molecule has 0 saturated heterocycles. The topological polar surface area (TPSA) is 55.9 Å². The minimum absolute atomic E-state index is 0.262. The van der Waals surface area contributed by atoms with Gasteiger partial charge in [0.25, 0.3) is 0 Å². The summed E-state index contributed by atoms with van der Waals surface area (Å²) in [6, 6.07) is 4.53. The van der Waals surface area contributed by atoms with Crippen LogP contribution in [0.3, 0.4) is 0 Å². The number of nitrogens with one attached hydrogen (secondary N) is 1. The molecule has 16 heavy (non-hydrogen) atoms. The van der Waals surface area contributed by atoms with Gasteiger partial charge in [-0.25, -0.2) is 0 Å². The van der Waals surface area contributed by atoms with Gasteiger partial charge in [-0.1, -0.05) is 18.9 Å². The van der Waals surface area contributed by atoms with Crippen LogP contribution in [0.1, 0.15) is 31.4 Å². The van der Waals surface area contributed by atoms with Crippen LogP contribution in [0, 0.1) is 0 Å². The third-order valence-corrected chi connectivity index (χ3v) is 2.41. The number of aryl methyl sites for hydroxylation is 1. The molecule has 5 nitrogen and oxygen atoms in total. The van der Waals surface area contributed by atoms with Gasteiger partial charge in [0.05, 0.1) is 6.54 Å². The largest absolute Gasteiger partial charge is 0.408 e. The number of nitrogens with zero attached hydrogens (tertiary/aromatic N) is 3. The third-order valence-electron chi connectivity index (χ3n) is 2.41. The highest BCUT2D eigenvalue weighted by atomic mass is 16.4. The zero-order chi connectivity index (χ0) is 11.5. The van der Waals surface area contributed by atoms with Crippen molar-refractivity contribution in [1.29, 1.82) is 0 Å². The minimum Gasteiger partial charge on any atom is -0.408 e. The van der Waals surface area contributed by atoms with Crippen LogP contribution in [-0.4, -0.2) is 14.8 Å². The lowest BCUT2D eigenvalue weighted by Crippen LogP contribution is -2.03. The van der Waals surface area contributed by atoms with Gasteiger partial charge >= 0.3 is 6.01 Å². The van der Waals surface area contributed by atoms with Crippen molar-refractivity contribution in [2.45, 2.75) is 26.3 Å². The Kier molecular flexibility index (Phi) is 2.94. The van der Waals surface area contributed by atoms with Gasteiger partial charge in [0.15, 0.2) is 0 Å². The van der Waals surface area contributed by atoms with Crippen LogP contribution in [0.5, 0.6) is 0 Å². The first-order valence-corrected chi connectivity index (χ1v) is 5.34. The Morgan fingerprint density at radius 2 is 2.25 bits per heavy atom. The van der Waals surface area contributed by atoms with E-state index >= 15 is 0 Å². The van der Waals surface area contributed by atoms with E-state index < -0.39 is 0 Å². The van der Waals surface area contributed by atoms with Crippen molar-refractivity contribution >= 4 is 6.01 Å². The van der Waals surface area contributed by atoms with Gasteiger partial charge in [-0.2, -0.15) is 0 Å². The molecule has 0 radical (unpaired) electrons. The fourth-order valence-corrected chi connectivity index (χ4v) is 1.39. The van der Waals surface area contributed by atoms with Crippen LogP contribution in [0.4, 0.5) is 6.01 Å². The summed E-state index contributed by atoms with van der Waals surface area (Å²) in [6.45, 7) is 4.73. The molecule has 0 aliphatic heterocycles. The molecule has 86 valence electrons. The van der Waals surface area contributed by atoms with E-state index in [4.69, 9.17) is 4.42 Å². The second kappa shape index (κ2) is 4.38. The smallest absolute Gasteiger partial charge is 0.315 e. The van der Waals surface area contributed by atoms with Crippen LogP contribution in [-0.2, 0) is 13.6 Å². The summed E-state index contributed by atoms with van der Waals surface area (Å²) in [5, 5.41) is 11.0. The highest BCUT2D eigenvalue weighted by Gasteiger charge is 2.09. The van der Waals surface area contributed by atoms with Gasteiger partial charge in [-0.05, 0) is 12.1 Å². The van der Waals surface area contributed by atoms with E-state index in [9.17, 15) is 0 Å². The van der Waals surface area contributed by atoms with Gasteiger partial charge < -0.3 is 14.3 Å².